The highest BCUT2D eigenvalue weighted by molar-refractivity contribution is 7.13. The Morgan fingerprint density at radius 2 is 2.12 bits per heavy atom. The van der Waals surface area contributed by atoms with Gasteiger partial charge < -0.3 is 10.1 Å². The summed E-state index contributed by atoms with van der Waals surface area (Å²) in [5.41, 5.74) is 1.54. The molecule has 7 heteroatoms. The van der Waals surface area contributed by atoms with Gasteiger partial charge in [-0.1, -0.05) is 29.8 Å². The van der Waals surface area contributed by atoms with E-state index in [0.29, 0.717) is 17.3 Å². The average molecular weight is 365 g/mol. The number of hydrogen-bond donors (Lipinski definition) is 1. The van der Waals surface area contributed by atoms with Gasteiger partial charge in [-0.05, 0) is 19.1 Å². The van der Waals surface area contributed by atoms with Crippen molar-refractivity contribution in [2.75, 3.05) is 6.54 Å². The third-order valence-electron chi connectivity index (χ3n) is 3.07. The van der Waals surface area contributed by atoms with Crippen molar-refractivity contribution in [2.24, 2.45) is 0 Å². The number of benzene rings is 1. The normalized spacial score (nSPS) is 11.6. The number of esters is 1. The lowest BCUT2D eigenvalue weighted by atomic mass is 10.2. The number of halogens is 1. The van der Waals surface area contributed by atoms with Gasteiger partial charge in [0.25, 0.3) is 5.91 Å². The van der Waals surface area contributed by atoms with Crippen LogP contribution in [-0.2, 0) is 20.7 Å². The zero-order valence-electron chi connectivity index (χ0n) is 13.1. The van der Waals surface area contributed by atoms with Gasteiger partial charge in [-0.3, -0.25) is 9.59 Å². The summed E-state index contributed by atoms with van der Waals surface area (Å²) in [6.07, 6.45) is 0.718. The van der Waals surface area contributed by atoms with Crippen molar-refractivity contribution in [3.8, 4) is 10.6 Å². The minimum atomic E-state index is -0.855. The lowest BCUT2D eigenvalue weighted by Crippen LogP contribution is -2.36. The molecule has 2 rings (SSSR count). The fraction of sp³-hybridized carbons (Fsp3) is 0.235. The molecule has 0 fully saturated rings. The van der Waals surface area contributed by atoms with Gasteiger partial charge in [0.2, 0.25) is 0 Å². The smallest absolute Gasteiger partial charge is 0.312 e. The maximum Gasteiger partial charge on any atom is 0.312 e. The Hall–Kier alpha value is -2.18. The van der Waals surface area contributed by atoms with E-state index in [0.717, 1.165) is 10.6 Å². The first-order valence-electron chi connectivity index (χ1n) is 7.28. The van der Waals surface area contributed by atoms with Crippen molar-refractivity contribution < 1.29 is 14.3 Å². The molecule has 0 saturated heterocycles. The quantitative estimate of drug-likeness (QED) is 0.605. The number of aromatic nitrogens is 1. The molecule has 0 radical (unpaired) electrons. The van der Waals surface area contributed by atoms with Gasteiger partial charge in [-0.25, -0.2) is 4.98 Å². The highest BCUT2D eigenvalue weighted by atomic mass is 35.5. The van der Waals surface area contributed by atoms with Gasteiger partial charge in [0.1, 0.15) is 5.01 Å². The third-order valence-corrected chi connectivity index (χ3v) is 4.26. The Balaban J connectivity index is 1.92. The molecule has 5 nitrogen and oxygen atoms in total. The predicted octanol–water partition coefficient (Wildman–Crippen LogP) is 3.24. The molecule has 0 bridgehead atoms. The molecule has 2 aromatic rings. The van der Waals surface area contributed by atoms with Crippen LogP contribution >= 0.6 is 22.9 Å². The van der Waals surface area contributed by atoms with Crippen molar-refractivity contribution in [3.63, 3.8) is 0 Å². The third kappa shape index (κ3) is 5.18. The Morgan fingerprint density at radius 1 is 1.42 bits per heavy atom. The van der Waals surface area contributed by atoms with Crippen molar-refractivity contribution in [2.45, 2.75) is 19.4 Å². The summed E-state index contributed by atoms with van der Waals surface area (Å²) in [6, 6.07) is 7.32. The van der Waals surface area contributed by atoms with E-state index >= 15 is 0 Å². The summed E-state index contributed by atoms with van der Waals surface area (Å²) in [7, 11) is 0. The molecule has 0 aliphatic heterocycles. The fourth-order valence-electron chi connectivity index (χ4n) is 1.87. The van der Waals surface area contributed by atoms with Crippen molar-refractivity contribution in [3.05, 3.63) is 53.0 Å². The zero-order valence-corrected chi connectivity index (χ0v) is 14.7. The summed E-state index contributed by atoms with van der Waals surface area (Å²) < 4.78 is 5.11. The van der Waals surface area contributed by atoms with E-state index in [9.17, 15) is 9.59 Å². The predicted molar refractivity (Wildman–Crippen MR) is 95.0 cm³/mol. The first-order valence-corrected chi connectivity index (χ1v) is 8.53. The zero-order chi connectivity index (χ0) is 17.5. The van der Waals surface area contributed by atoms with Crippen LogP contribution < -0.4 is 5.32 Å². The molecule has 24 heavy (non-hydrogen) atoms. The second kappa shape index (κ2) is 8.61. The number of thiazole rings is 1. The minimum Gasteiger partial charge on any atom is -0.452 e. The van der Waals surface area contributed by atoms with Crippen LogP contribution in [0.5, 0.6) is 0 Å². The lowest BCUT2D eigenvalue weighted by Gasteiger charge is -2.12. The van der Waals surface area contributed by atoms with E-state index in [1.54, 1.807) is 23.6 Å². The van der Waals surface area contributed by atoms with Gasteiger partial charge in [-0.15, -0.1) is 17.9 Å². The fourth-order valence-corrected chi connectivity index (χ4v) is 2.82. The van der Waals surface area contributed by atoms with E-state index < -0.39 is 12.1 Å². The topological polar surface area (TPSA) is 68.3 Å². The maximum absolute atomic E-state index is 11.9. The van der Waals surface area contributed by atoms with Gasteiger partial charge in [0, 0.05) is 22.5 Å². The van der Waals surface area contributed by atoms with Crippen LogP contribution in [0.2, 0.25) is 5.02 Å². The SMILES string of the molecule is C=CCNC(=O)[C@@H](C)OC(=O)Cc1csc(-c2ccc(Cl)cc2)n1. The molecule has 1 aromatic heterocycles. The Labute approximate surface area is 149 Å². The molecule has 1 aromatic carbocycles. The van der Waals surface area contributed by atoms with E-state index in [4.69, 9.17) is 16.3 Å². The largest absolute Gasteiger partial charge is 0.452 e. The average Bonchev–Trinajstić information content (AvgIpc) is 3.01. The number of carbonyl (C=O) groups excluding carboxylic acids is 2. The summed E-state index contributed by atoms with van der Waals surface area (Å²) in [5.74, 6) is -0.854. The number of nitrogens with one attached hydrogen (secondary N) is 1. The first-order chi connectivity index (χ1) is 11.5. The summed E-state index contributed by atoms with van der Waals surface area (Å²) >= 11 is 7.30. The van der Waals surface area contributed by atoms with E-state index in [1.807, 2.05) is 12.1 Å². The molecule has 0 unspecified atom stereocenters. The first kappa shape index (κ1) is 18.2. The maximum atomic E-state index is 11.9. The number of carbonyl (C=O) groups is 2. The number of rotatable bonds is 7. The van der Waals surface area contributed by atoms with Gasteiger partial charge >= 0.3 is 5.97 Å². The molecular weight excluding hydrogens is 348 g/mol. The van der Waals surface area contributed by atoms with Gasteiger partial charge in [0.05, 0.1) is 12.1 Å². The van der Waals surface area contributed by atoms with Crippen LogP contribution in [0.4, 0.5) is 0 Å². The van der Waals surface area contributed by atoms with Crippen LogP contribution in [0.1, 0.15) is 12.6 Å². The number of amides is 1. The van der Waals surface area contributed by atoms with Gasteiger partial charge in [0.15, 0.2) is 6.10 Å². The van der Waals surface area contributed by atoms with E-state index in [1.165, 1.54) is 18.3 Å². The second-order valence-corrected chi connectivity index (χ2v) is 6.29. The molecule has 0 aliphatic rings. The molecule has 1 N–H and O–H groups in total. The molecular formula is C17H17ClN2O3S. The van der Waals surface area contributed by atoms with Crippen molar-refractivity contribution in [1.29, 1.82) is 0 Å². The standard InChI is InChI=1S/C17H17ClN2O3S/c1-3-8-19-16(22)11(2)23-15(21)9-14-10-24-17(20-14)12-4-6-13(18)7-5-12/h3-7,10-11H,1,8-9H2,2H3,(H,19,22)/t11-/m1/s1. The number of hydrogen-bond acceptors (Lipinski definition) is 5. The molecule has 0 saturated carbocycles. The summed E-state index contributed by atoms with van der Waals surface area (Å²) in [4.78, 5) is 28.0. The van der Waals surface area contributed by atoms with Crippen molar-refractivity contribution >= 4 is 34.8 Å². The van der Waals surface area contributed by atoms with Crippen LogP contribution in [0.25, 0.3) is 10.6 Å². The van der Waals surface area contributed by atoms with E-state index in [-0.39, 0.29) is 12.3 Å². The Kier molecular flexibility index (Phi) is 6.52. The van der Waals surface area contributed by atoms with E-state index in [2.05, 4.69) is 16.9 Å². The highest BCUT2D eigenvalue weighted by Crippen LogP contribution is 2.25. The Morgan fingerprint density at radius 3 is 2.79 bits per heavy atom. The molecule has 1 atom stereocenters. The molecule has 1 heterocycles. The molecule has 0 spiro atoms. The number of ether oxygens (including phenoxy) is 1. The van der Waals surface area contributed by atoms with Crippen LogP contribution in [0.15, 0.2) is 42.3 Å². The molecule has 1 amide bonds. The number of nitrogens with zero attached hydrogens (tertiary/aromatic N) is 1. The van der Waals surface area contributed by atoms with Crippen LogP contribution in [-0.4, -0.2) is 29.5 Å². The molecule has 0 aliphatic carbocycles. The van der Waals surface area contributed by atoms with Crippen LogP contribution in [0, 0.1) is 0 Å². The Bertz CT molecular complexity index is 728. The second-order valence-electron chi connectivity index (χ2n) is 4.99. The summed E-state index contributed by atoms with van der Waals surface area (Å²) in [6.45, 7) is 5.36. The summed E-state index contributed by atoms with van der Waals surface area (Å²) in [5, 5.41) is 5.83. The highest BCUT2D eigenvalue weighted by Gasteiger charge is 2.18. The lowest BCUT2D eigenvalue weighted by molar-refractivity contribution is -0.154. The van der Waals surface area contributed by atoms with Gasteiger partial charge in [-0.2, -0.15) is 0 Å². The van der Waals surface area contributed by atoms with Crippen LogP contribution in [0.3, 0.4) is 0 Å². The molecule has 126 valence electrons. The monoisotopic (exact) mass is 364 g/mol. The van der Waals surface area contributed by atoms with Crippen molar-refractivity contribution in [1.82, 2.24) is 10.3 Å². The minimum absolute atomic E-state index is 0.0170.